The SMILES string of the molecule is CCN(C)C(=O)c1cc(-c2ccc(F)c(F)c2)nn1CC. The summed E-state index contributed by atoms with van der Waals surface area (Å²) in [5.41, 5.74) is 1.32. The van der Waals surface area contributed by atoms with Gasteiger partial charge in [-0.25, -0.2) is 8.78 Å². The van der Waals surface area contributed by atoms with Crippen molar-refractivity contribution in [2.75, 3.05) is 13.6 Å². The molecule has 0 atom stereocenters. The smallest absolute Gasteiger partial charge is 0.271 e. The molecule has 0 spiro atoms. The lowest BCUT2D eigenvalue weighted by atomic mass is 10.1. The maximum Gasteiger partial charge on any atom is 0.271 e. The van der Waals surface area contributed by atoms with E-state index in [0.717, 1.165) is 12.1 Å². The van der Waals surface area contributed by atoms with E-state index in [1.54, 1.807) is 22.7 Å². The summed E-state index contributed by atoms with van der Waals surface area (Å²) in [5.74, 6) is -1.99. The van der Waals surface area contributed by atoms with E-state index in [4.69, 9.17) is 0 Å². The van der Waals surface area contributed by atoms with E-state index in [9.17, 15) is 13.6 Å². The van der Waals surface area contributed by atoms with E-state index in [1.165, 1.54) is 6.07 Å². The molecule has 0 aliphatic rings. The molecule has 112 valence electrons. The van der Waals surface area contributed by atoms with Crippen LogP contribution in [0.3, 0.4) is 0 Å². The number of hydrogen-bond donors (Lipinski definition) is 0. The average molecular weight is 293 g/mol. The Balaban J connectivity index is 2.45. The second-order valence-electron chi connectivity index (χ2n) is 4.68. The van der Waals surface area contributed by atoms with Crippen LogP contribution in [0.5, 0.6) is 0 Å². The zero-order chi connectivity index (χ0) is 15.6. The zero-order valence-corrected chi connectivity index (χ0v) is 12.2. The predicted molar refractivity (Wildman–Crippen MR) is 75.9 cm³/mol. The molecule has 2 aromatic rings. The van der Waals surface area contributed by atoms with Gasteiger partial charge in [-0.1, -0.05) is 0 Å². The molecule has 0 unspecified atom stereocenters. The van der Waals surface area contributed by atoms with Crippen molar-refractivity contribution in [2.45, 2.75) is 20.4 Å². The van der Waals surface area contributed by atoms with Crippen LogP contribution in [0.25, 0.3) is 11.3 Å². The van der Waals surface area contributed by atoms with Gasteiger partial charge in [0.05, 0.1) is 5.69 Å². The van der Waals surface area contributed by atoms with Crippen molar-refractivity contribution in [3.05, 3.63) is 41.6 Å². The highest BCUT2D eigenvalue weighted by atomic mass is 19.2. The Bertz CT molecular complexity index is 667. The number of benzene rings is 1. The molecule has 4 nitrogen and oxygen atoms in total. The number of amides is 1. The van der Waals surface area contributed by atoms with E-state index in [0.29, 0.717) is 30.0 Å². The number of aromatic nitrogens is 2. The zero-order valence-electron chi connectivity index (χ0n) is 12.2. The van der Waals surface area contributed by atoms with Crippen molar-refractivity contribution in [2.24, 2.45) is 0 Å². The summed E-state index contributed by atoms with van der Waals surface area (Å²) < 4.78 is 27.9. The van der Waals surface area contributed by atoms with Crippen molar-refractivity contribution >= 4 is 5.91 Å². The Morgan fingerprint density at radius 2 is 1.95 bits per heavy atom. The van der Waals surface area contributed by atoms with Crippen molar-refractivity contribution in [3.63, 3.8) is 0 Å². The number of halogens is 2. The maximum absolute atomic E-state index is 13.3. The maximum atomic E-state index is 13.3. The van der Waals surface area contributed by atoms with E-state index in [2.05, 4.69) is 5.10 Å². The fourth-order valence-corrected chi connectivity index (χ4v) is 1.97. The van der Waals surface area contributed by atoms with Crippen LogP contribution in [-0.4, -0.2) is 34.2 Å². The first-order valence-corrected chi connectivity index (χ1v) is 6.76. The van der Waals surface area contributed by atoms with Gasteiger partial charge in [0, 0.05) is 25.7 Å². The Labute approximate surface area is 122 Å². The van der Waals surface area contributed by atoms with Crippen LogP contribution in [-0.2, 0) is 6.54 Å². The van der Waals surface area contributed by atoms with Gasteiger partial charge >= 0.3 is 0 Å². The number of carbonyl (C=O) groups is 1. The molecule has 0 fully saturated rings. The standard InChI is InChI=1S/C15H17F2N3O/c1-4-19(3)15(21)14-9-13(18-20(14)5-2)10-6-7-11(16)12(17)8-10/h6-9H,4-5H2,1-3H3. The summed E-state index contributed by atoms with van der Waals surface area (Å²) in [6.45, 7) is 4.84. The molecule has 2 rings (SSSR count). The Morgan fingerprint density at radius 3 is 2.52 bits per heavy atom. The van der Waals surface area contributed by atoms with Crippen LogP contribution in [0.2, 0.25) is 0 Å². The normalized spacial score (nSPS) is 10.7. The largest absolute Gasteiger partial charge is 0.341 e. The van der Waals surface area contributed by atoms with Crippen LogP contribution in [0.15, 0.2) is 24.3 Å². The number of rotatable bonds is 4. The van der Waals surface area contributed by atoms with Gasteiger partial charge in [0.25, 0.3) is 5.91 Å². The van der Waals surface area contributed by atoms with Crippen molar-refractivity contribution in [3.8, 4) is 11.3 Å². The van der Waals surface area contributed by atoms with Gasteiger partial charge in [-0.3, -0.25) is 9.48 Å². The molecule has 0 bridgehead atoms. The Hall–Kier alpha value is -2.24. The number of hydrogen-bond acceptors (Lipinski definition) is 2. The third kappa shape index (κ3) is 2.94. The number of nitrogens with zero attached hydrogens (tertiary/aromatic N) is 3. The molecule has 1 aromatic heterocycles. The molecular formula is C15H17F2N3O. The first kappa shape index (κ1) is 15.2. The quantitative estimate of drug-likeness (QED) is 0.869. The molecule has 0 aliphatic carbocycles. The molecule has 0 N–H and O–H groups in total. The summed E-state index contributed by atoms with van der Waals surface area (Å²) in [4.78, 5) is 13.8. The molecule has 6 heteroatoms. The van der Waals surface area contributed by atoms with Crippen molar-refractivity contribution in [1.29, 1.82) is 0 Å². The van der Waals surface area contributed by atoms with Gasteiger partial charge < -0.3 is 4.90 Å². The van der Waals surface area contributed by atoms with Gasteiger partial charge in [0.1, 0.15) is 5.69 Å². The highest BCUT2D eigenvalue weighted by molar-refractivity contribution is 5.93. The molecule has 21 heavy (non-hydrogen) atoms. The van der Waals surface area contributed by atoms with Gasteiger partial charge in [-0.05, 0) is 38.1 Å². The minimum Gasteiger partial charge on any atom is -0.341 e. The Morgan fingerprint density at radius 1 is 1.24 bits per heavy atom. The van der Waals surface area contributed by atoms with Crippen LogP contribution in [0.1, 0.15) is 24.3 Å². The van der Waals surface area contributed by atoms with E-state index < -0.39 is 11.6 Å². The van der Waals surface area contributed by atoms with Crippen LogP contribution in [0, 0.1) is 11.6 Å². The van der Waals surface area contributed by atoms with E-state index in [-0.39, 0.29) is 5.91 Å². The minimum absolute atomic E-state index is 0.152. The summed E-state index contributed by atoms with van der Waals surface area (Å²) in [6, 6.07) is 5.17. The molecule has 0 aliphatic heterocycles. The molecule has 0 saturated carbocycles. The fourth-order valence-electron chi connectivity index (χ4n) is 1.97. The molecule has 1 aromatic carbocycles. The highest BCUT2D eigenvalue weighted by Crippen LogP contribution is 2.22. The topological polar surface area (TPSA) is 38.1 Å². The molecular weight excluding hydrogens is 276 g/mol. The molecule has 0 radical (unpaired) electrons. The van der Waals surface area contributed by atoms with Crippen LogP contribution < -0.4 is 0 Å². The lowest BCUT2D eigenvalue weighted by molar-refractivity contribution is 0.0790. The van der Waals surface area contributed by atoms with Crippen LogP contribution >= 0.6 is 0 Å². The molecule has 0 saturated heterocycles. The highest BCUT2D eigenvalue weighted by Gasteiger charge is 2.18. The lowest BCUT2D eigenvalue weighted by Gasteiger charge is -2.14. The predicted octanol–water partition coefficient (Wildman–Crippen LogP) is 2.94. The molecule has 1 heterocycles. The first-order chi connectivity index (χ1) is 9.97. The fraction of sp³-hybridized carbons (Fsp3) is 0.333. The summed E-state index contributed by atoms with van der Waals surface area (Å²) in [6.07, 6.45) is 0. The second kappa shape index (κ2) is 6.03. The Kier molecular flexibility index (Phi) is 4.35. The number of carbonyl (C=O) groups excluding carboxylic acids is 1. The summed E-state index contributed by atoms with van der Waals surface area (Å²) in [5, 5.41) is 4.29. The van der Waals surface area contributed by atoms with E-state index in [1.807, 2.05) is 13.8 Å². The minimum atomic E-state index is -0.933. The van der Waals surface area contributed by atoms with Crippen molar-refractivity contribution < 1.29 is 13.6 Å². The monoisotopic (exact) mass is 293 g/mol. The third-order valence-electron chi connectivity index (χ3n) is 3.34. The van der Waals surface area contributed by atoms with Gasteiger partial charge in [0.2, 0.25) is 0 Å². The first-order valence-electron chi connectivity index (χ1n) is 6.76. The van der Waals surface area contributed by atoms with Crippen LogP contribution in [0.4, 0.5) is 8.78 Å². The average Bonchev–Trinajstić information content (AvgIpc) is 2.92. The van der Waals surface area contributed by atoms with E-state index >= 15 is 0 Å². The summed E-state index contributed by atoms with van der Waals surface area (Å²) in [7, 11) is 1.70. The van der Waals surface area contributed by atoms with Gasteiger partial charge in [0.15, 0.2) is 11.6 Å². The third-order valence-corrected chi connectivity index (χ3v) is 3.34. The second-order valence-corrected chi connectivity index (χ2v) is 4.68. The summed E-state index contributed by atoms with van der Waals surface area (Å²) >= 11 is 0. The number of aryl methyl sites for hydroxylation is 1. The van der Waals surface area contributed by atoms with Gasteiger partial charge in [-0.2, -0.15) is 5.10 Å². The molecule has 1 amide bonds. The van der Waals surface area contributed by atoms with Crippen molar-refractivity contribution in [1.82, 2.24) is 14.7 Å². The van der Waals surface area contributed by atoms with Gasteiger partial charge in [-0.15, -0.1) is 0 Å². The lowest BCUT2D eigenvalue weighted by Crippen LogP contribution is -2.28.